The van der Waals surface area contributed by atoms with Gasteiger partial charge in [0.05, 0.1) is 24.6 Å². The highest BCUT2D eigenvalue weighted by Gasteiger charge is 2.32. The quantitative estimate of drug-likeness (QED) is 0.569. The summed E-state index contributed by atoms with van der Waals surface area (Å²) in [5, 5.41) is 2.87. The predicted molar refractivity (Wildman–Crippen MR) is 123 cm³/mol. The summed E-state index contributed by atoms with van der Waals surface area (Å²) in [6, 6.07) is 13.1. The first-order chi connectivity index (χ1) is 14.7. The first-order valence-corrected chi connectivity index (χ1v) is 12.2. The summed E-state index contributed by atoms with van der Waals surface area (Å²) in [5.41, 5.74) is 1.55. The zero-order valence-electron chi connectivity index (χ0n) is 18.8. The molecule has 0 heterocycles. The zero-order valence-corrected chi connectivity index (χ0v) is 19.6. The summed E-state index contributed by atoms with van der Waals surface area (Å²) < 4.78 is 37.4. The van der Waals surface area contributed by atoms with Crippen LogP contribution in [0.4, 0.5) is 5.69 Å². The van der Waals surface area contributed by atoms with Gasteiger partial charge in [-0.2, -0.15) is 0 Å². The second kappa shape index (κ2) is 11.0. The van der Waals surface area contributed by atoms with E-state index in [1.807, 2.05) is 45.0 Å². The van der Waals surface area contributed by atoms with E-state index in [2.05, 4.69) is 5.32 Å². The average Bonchev–Trinajstić information content (AvgIpc) is 2.71. The normalized spacial score (nSPS) is 13.2. The maximum atomic E-state index is 13.0. The largest absolute Gasteiger partial charge is 0.494 e. The Morgan fingerprint density at radius 3 is 2.06 bits per heavy atom. The monoisotopic (exact) mass is 448 g/mol. The van der Waals surface area contributed by atoms with E-state index in [0.717, 1.165) is 16.1 Å². The number of anilines is 1. The van der Waals surface area contributed by atoms with E-state index in [9.17, 15) is 13.2 Å². The number of carbonyl (C=O) groups is 1. The van der Waals surface area contributed by atoms with E-state index in [4.69, 9.17) is 9.47 Å². The Morgan fingerprint density at radius 1 is 1.00 bits per heavy atom. The van der Waals surface area contributed by atoms with Gasteiger partial charge in [0.15, 0.2) is 0 Å². The maximum absolute atomic E-state index is 13.0. The summed E-state index contributed by atoms with van der Waals surface area (Å²) >= 11 is 0. The Hall–Kier alpha value is -2.74. The highest BCUT2D eigenvalue weighted by Crippen LogP contribution is 2.25. The van der Waals surface area contributed by atoms with E-state index in [1.54, 1.807) is 31.2 Å². The van der Waals surface area contributed by atoms with Crippen molar-refractivity contribution in [3.63, 3.8) is 0 Å². The molecule has 0 aromatic heterocycles. The van der Waals surface area contributed by atoms with Crippen LogP contribution in [-0.2, 0) is 14.8 Å². The molecular formula is C23H32N2O5S. The van der Waals surface area contributed by atoms with Gasteiger partial charge in [-0.3, -0.25) is 9.10 Å². The summed E-state index contributed by atoms with van der Waals surface area (Å²) in [7, 11) is -3.69. The molecule has 0 bridgehead atoms. The molecule has 2 rings (SSSR count). The van der Waals surface area contributed by atoms with Gasteiger partial charge in [-0.05, 0) is 63.6 Å². The van der Waals surface area contributed by atoms with Crippen molar-refractivity contribution in [3.05, 3.63) is 54.1 Å². The second-order valence-corrected chi connectivity index (χ2v) is 9.30. The van der Waals surface area contributed by atoms with Crippen LogP contribution in [0.1, 0.15) is 32.8 Å². The van der Waals surface area contributed by atoms with Gasteiger partial charge in [-0.15, -0.1) is 0 Å². The maximum Gasteiger partial charge on any atom is 0.244 e. The molecule has 2 aromatic carbocycles. The molecule has 1 N–H and O–H groups in total. The molecule has 0 aliphatic carbocycles. The van der Waals surface area contributed by atoms with Gasteiger partial charge in [-0.1, -0.05) is 24.6 Å². The molecule has 0 fully saturated rings. The van der Waals surface area contributed by atoms with E-state index in [-0.39, 0.29) is 18.6 Å². The Bertz CT molecular complexity index is 943. The van der Waals surface area contributed by atoms with E-state index in [1.165, 1.54) is 0 Å². The number of hydrogen-bond acceptors (Lipinski definition) is 5. The SMILES string of the molecule is CCOc1ccc(N(C(CC)C(=O)NC(C)COc2ccc(C)cc2)S(C)(=O)=O)cc1. The summed E-state index contributed by atoms with van der Waals surface area (Å²) in [6.45, 7) is 8.25. The average molecular weight is 449 g/mol. The van der Waals surface area contributed by atoms with Crippen LogP contribution in [0.25, 0.3) is 0 Å². The minimum atomic E-state index is -3.69. The number of amides is 1. The van der Waals surface area contributed by atoms with Crippen LogP contribution < -0.4 is 19.1 Å². The van der Waals surface area contributed by atoms with Crippen molar-refractivity contribution in [3.8, 4) is 11.5 Å². The molecule has 170 valence electrons. The lowest BCUT2D eigenvalue weighted by Crippen LogP contribution is -2.52. The van der Waals surface area contributed by atoms with Gasteiger partial charge in [0.25, 0.3) is 0 Å². The summed E-state index contributed by atoms with van der Waals surface area (Å²) in [4.78, 5) is 13.0. The minimum Gasteiger partial charge on any atom is -0.494 e. The number of nitrogens with one attached hydrogen (secondary N) is 1. The van der Waals surface area contributed by atoms with E-state index in [0.29, 0.717) is 30.2 Å². The lowest BCUT2D eigenvalue weighted by atomic mass is 10.1. The van der Waals surface area contributed by atoms with Crippen LogP contribution in [0.5, 0.6) is 11.5 Å². The minimum absolute atomic E-state index is 0.271. The fourth-order valence-corrected chi connectivity index (χ4v) is 4.36. The molecule has 2 unspecified atom stereocenters. The third kappa shape index (κ3) is 7.17. The predicted octanol–water partition coefficient (Wildman–Crippen LogP) is 3.52. The van der Waals surface area contributed by atoms with Crippen molar-refractivity contribution in [1.29, 1.82) is 0 Å². The molecule has 0 radical (unpaired) electrons. The summed E-state index contributed by atoms with van der Waals surface area (Å²) in [5.74, 6) is 0.979. The summed E-state index contributed by atoms with van der Waals surface area (Å²) in [6.07, 6.45) is 1.42. The van der Waals surface area contributed by atoms with Gasteiger partial charge in [0, 0.05) is 0 Å². The number of rotatable bonds is 11. The number of ether oxygens (including phenoxy) is 2. The van der Waals surface area contributed by atoms with Crippen LogP contribution in [0.2, 0.25) is 0 Å². The Morgan fingerprint density at radius 2 is 1.55 bits per heavy atom. The third-order valence-corrected chi connectivity index (χ3v) is 5.82. The van der Waals surface area contributed by atoms with Crippen LogP contribution >= 0.6 is 0 Å². The standard InChI is InChI=1S/C23H32N2O5S/c1-6-22(23(26)24-18(4)16-30-21-12-8-17(3)9-13-21)25(31(5,27)28)19-10-14-20(15-11-19)29-7-2/h8-15,18,22H,6-7,16H2,1-5H3,(H,24,26). The van der Waals surface area contributed by atoms with Crippen LogP contribution in [0.15, 0.2) is 48.5 Å². The van der Waals surface area contributed by atoms with Crippen molar-refractivity contribution >= 4 is 21.6 Å². The number of hydrogen-bond donors (Lipinski definition) is 1. The highest BCUT2D eigenvalue weighted by molar-refractivity contribution is 7.92. The molecule has 0 aliphatic heterocycles. The Balaban J connectivity index is 2.11. The Kier molecular flexibility index (Phi) is 8.74. The third-order valence-electron chi connectivity index (χ3n) is 4.64. The molecule has 8 heteroatoms. The van der Waals surface area contributed by atoms with E-state index < -0.39 is 16.1 Å². The van der Waals surface area contributed by atoms with E-state index >= 15 is 0 Å². The van der Waals surface area contributed by atoms with Gasteiger partial charge in [0.1, 0.15) is 24.1 Å². The first-order valence-electron chi connectivity index (χ1n) is 10.4. The topological polar surface area (TPSA) is 84.9 Å². The molecule has 0 saturated carbocycles. The number of carbonyl (C=O) groups excluding carboxylic acids is 1. The lowest BCUT2D eigenvalue weighted by Gasteiger charge is -2.31. The van der Waals surface area contributed by atoms with Crippen LogP contribution in [0.3, 0.4) is 0 Å². The van der Waals surface area contributed by atoms with Crippen molar-refractivity contribution in [2.24, 2.45) is 0 Å². The van der Waals surface area contributed by atoms with Crippen molar-refractivity contribution in [2.45, 2.75) is 46.2 Å². The fourth-order valence-electron chi connectivity index (χ4n) is 3.15. The van der Waals surface area contributed by atoms with Crippen molar-refractivity contribution in [2.75, 3.05) is 23.8 Å². The molecule has 0 saturated heterocycles. The van der Waals surface area contributed by atoms with Gasteiger partial charge >= 0.3 is 0 Å². The number of nitrogens with zero attached hydrogens (tertiary/aromatic N) is 1. The second-order valence-electron chi connectivity index (χ2n) is 7.44. The van der Waals surface area contributed by atoms with Crippen molar-refractivity contribution < 1.29 is 22.7 Å². The molecule has 2 aromatic rings. The molecule has 0 aliphatic rings. The van der Waals surface area contributed by atoms with Crippen LogP contribution in [-0.4, -0.2) is 45.9 Å². The van der Waals surface area contributed by atoms with Gasteiger partial charge < -0.3 is 14.8 Å². The van der Waals surface area contributed by atoms with Gasteiger partial charge in [0.2, 0.25) is 15.9 Å². The molecule has 31 heavy (non-hydrogen) atoms. The molecule has 0 spiro atoms. The van der Waals surface area contributed by atoms with Crippen LogP contribution in [0, 0.1) is 6.92 Å². The number of sulfonamides is 1. The molecule has 2 atom stereocenters. The lowest BCUT2D eigenvalue weighted by molar-refractivity contribution is -0.123. The molecule has 7 nitrogen and oxygen atoms in total. The van der Waals surface area contributed by atoms with Gasteiger partial charge in [-0.25, -0.2) is 8.42 Å². The zero-order chi connectivity index (χ0) is 23.0. The smallest absolute Gasteiger partial charge is 0.244 e. The highest BCUT2D eigenvalue weighted by atomic mass is 32.2. The number of aryl methyl sites for hydroxylation is 1. The molecule has 1 amide bonds. The van der Waals surface area contributed by atoms with Crippen molar-refractivity contribution in [1.82, 2.24) is 5.32 Å². The number of benzene rings is 2. The Labute approximate surface area is 185 Å². The first kappa shape index (κ1) is 24.5. The fraction of sp³-hybridized carbons (Fsp3) is 0.435. The molecular weight excluding hydrogens is 416 g/mol.